The molecule has 6 heteroatoms. The first kappa shape index (κ1) is 17.7. The first-order valence-corrected chi connectivity index (χ1v) is 9.00. The number of halogens is 1. The number of piperidine rings is 1. The molecule has 1 fully saturated rings. The molecule has 0 radical (unpaired) electrons. The molecular weight excluding hydrogens is 336 g/mol. The van der Waals surface area contributed by atoms with Gasteiger partial charge < -0.3 is 10.2 Å². The fraction of sp³-hybridized carbons (Fsp3) is 0.421. The van der Waals surface area contributed by atoms with E-state index < -0.39 is 0 Å². The molecular formula is C19H23ClN4O. The number of anilines is 2. The van der Waals surface area contributed by atoms with Gasteiger partial charge in [-0.2, -0.15) is 0 Å². The van der Waals surface area contributed by atoms with Gasteiger partial charge in [-0.05, 0) is 63.3 Å². The third-order valence-electron chi connectivity index (χ3n) is 4.38. The lowest BCUT2D eigenvalue weighted by Gasteiger charge is -2.27. The maximum absolute atomic E-state index is 12.7. The SMILES string of the molecule is Cc1cc(C)c(NC(=O)c2cc(C)nc(N3CCCCC3)n2)c(Cl)c1. The maximum Gasteiger partial charge on any atom is 0.274 e. The predicted octanol–water partition coefficient (Wildman–Crippen LogP) is 4.30. The molecule has 1 aliphatic heterocycles. The Labute approximate surface area is 153 Å². The van der Waals surface area contributed by atoms with Crippen molar-refractivity contribution in [3.8, 4) is 0 Å². The van der Waals surface area contributed by atoms with Crippen molar-refractivity contribution in [2.24, 2.45) is 0 Å². The van der Waals surface area contributed by atoms with Crippen LogP contribution < -0.4 is 10.2 Å². The van der Waals surface area contributed by atoms with Crippen molar-refractivity contribution in [2.75, 3.05) is 23.3 Å². The van der Waals surface area contributed by atoms with Gasteiger partial charge in [0.1, 0.15) is 5.69 Å². The van der Waals surface area contributed by atoms with Crippen molar-refractivity contribution in [1.82, 2.24) is 9.97 Å². The predicted molar refractivity (Wildman–Crippen MR) is 102 cm³/mol. The highest BCUT2D eigenvalue weighted by Crippen LogP contribution is 2.28. The lowest BCUT2D eigenvalue weighted by Crippen LogP contribution is -2.31. The Morgan fingerprint density at radius 3 is 2.48 bits per heavy atom. The summed E-state index contributed by atoms with van der Waals surface area (Å²) in [6.07, 6.45) is 3.51. The second-order valence-electron chi connectivity index (χ2n) is 6.64. The number of nitrogens with zero attached hydrogens (tertiary/aromatic N) is 3. The van der Waals surface area contributed by atoms with Crippen molar-refractivity contribution < 1.29 is 4.79 Å². The van der Waals surface area contributed by atoms with E-state index in [-0.39, 0.29) is 5.91 Å². The van der Waals surface area contributed by atoms with Gasteiger partial charge in [-0.3, -0.25) is 4.79 Å². The molecule has 1 saturated heterocycles. The van der Waals surface area contributed by atoms with E-state index in [1.165, 1.54) is 6.42 Å². The molecule has 1 amide bonds. The molecule has 0 saturated carbocycles. The van der Waals surface area contributed by atoms with Crippen molar-refractivity contribution in [2.45, 2.75) is 40.0 Å². The minimum Gasteiger partial charge on any atom is -0.341 e. The topological polar surface area (TPSA) is 58.1 Å². The van der Waals surface area contributed by atoms with Crippen LogP contribution in [-0.2, 0) is 0 Å². The number of carbonyl (C=O) groups excluding carboxylic acids is 1. The van der Waals surface area contributed by atoms with Gasteiger partial charge in [0.15, 0.2) is 0 Å². The van der Waals surface area contributed by atoms with Crippen LogP contribution in [0.1, 0.15) is 46.6 Å². The smallest absolute Gasteiger partial charge is 0.274 e. The Balaban J connectivity index is 1.86. The highest BCUT2D eigenvalue weighted by molar-refractivity contribution is 6.34. The molecule has 3 rings (SSSR count). The summed E-state index contributed by atoms with van der Waals surface area (Å²) in [5.74, 6) is 0.370. The van der Waals surface area contributed by atoms with Crippen LogP contribution in [0.5, 0.6) is 0 Å². The molecule has 1 aliphatic rings. The van der Waals surface area contributed by atoms with Gasteiger partial charge in [0.25, 0.3) is 5.91 Å². The number of nitrogens with one attached hydrogen (secondary N) is 1. The molecule has 0 unspecified atom stereocenters. The molecule has 1 aromatic heterocycles. The summed E-state index contributed by atoms with van der Waals surface area (Å²) in [5.41, 5.74) is 3.77. The Bertz CT molecular complexity index is 777. The van der Waals surface area contributed by atoms with E-state index in [0.717, 1.165) is 42.8 Å². The molecule has 5 nitrogen and oxygen atoms in total. The fourth-order valence-electron chi connectivity index (χ4n) is 3.16. The normalized spacial score (nSPS) is 14.5. The summed E-state index contributed by atoms with van der Waals surface area (Å²) >= 11 is 6.29. The van der Waals surface area contributed by atoms with Crippen molar-refractivity contribution in [3.63, 3.8) is 0 Å². The molecule has 0 spiro atoms. The lowest BCUT2D eigenvalue weighted by molar-refractivity contribution is 0.102. The zero-order valence-electron chi connectivity index (χ0n) is 14.9. The number of aromatic nitrogens is 2. The lowest BCUT2D eigenvalue weighted by atomic mass is 10.1. The second-order valence-corrected chi connectivity index (χ2v) is 7.04. The van der Waals surface area contributed by atoms with Crippen LogP contribution >= 0.6 is 11.6 Å². The number of hydrogen-bond acceptors (Lipinski definition) is 4. The van der Waals surface area contributed by atoms with Crippen LogP contribution in [0.3, 0.4) is 0 Å². The minimum atomic E-state index is -0.266. The highest BCUT2D eigenvalue weighted by atomic mass is 35.5. The van der Waals surface area contributed by atoms with Gasteiger partial charge in [-0.15, -0.1) is 0 Å². The van der Waals surface area contributed by atoms with Gasteiger partial charge in [0.2, 0.25) is 5.95 Å². The third kappa shape index (κ3) is 4.10. The van der Waals surface area contributed by atoms with E-state index in [1.807, 2.05) is 32.9 Å². The molecule has 2 heterocycles. The zero-order chi connectivity index (χ0) is 18.0. The van der Waals surface area contributed by atoms with E-state index in [9.17, 15) is 4.79 Å². The van der Waals surface area contributed by atoms with E-state index in [2.05, 4.69) is 20.2 Å². The summed E-state index contributed by atoms with van der Waals surface area (Å²) in [7, 11) is 0. The van der Waals surface area contributed by atoms with Gasteiger partial charge in [0.05, 0.1) is 10.7 Å². The first-order valence-electron chi connectivity index (χ1n) is 8.63. The van der Waals surface area contributed by atoms with Crippen LogP contribution in [0.25, 0.3) is 0 Å². The van der Waals surface area contributed by atoms with E-state index in [1.54, 1.807) is 6.07 Å². The molecule has 1 N–H and O–H groups in total. The van der Waals surface area contributed by atoms with Crippen LogP contribution in [0, 0.1) is 20.8 Å². The van der Waals surface area contributed by atoms with Crippen molar-refractivity contribution >= 4 is 29.1 Å². The standard InChI is InChI=1S/C19H23ClN4O/c1-12-9-13(2)17(15(20)10-12)23-18(25)16-11-14(3)21-19(22-16)24-7-5-4-6-8-24/h9-11H,4-8H2,1-3H3,(H,23,25). The van der Waals surface area contributed by atoms with Crippen LogP contribution in [0.15, 0.2) is 18.2 Å². The molecule has 1 aromatic carbocycles. The second kappa shape index (κ2) is 7.40. The fourth-order valence-corrected chi connectivity index (χ4v) is 3.52. The summed E-state index contributed by atoms with van der Waals surface area (Å²) in [6.45, 7) is 7.67. The average Bonchev–Trinajstić information content (AvgIpc) is 2.58. The monoisotopic (exact) mass is 358 g/mol. The molecule has 25 heavy (non-hydrogen) atoms. The van der Waals surface area contributed by atoms with Crippen molar-refractivity contribution in [1.29, 1.82) is 0 Å². The Hall–Kier alpha value is -2.14. The molecule has 0 bridgehead atoms. The summed E-state index contributed by atoms with van der Waals surface area (Å²) in [5, 5.41) is 3.43. The Kier molecular flexibility index (Phi) is 5.23. The number of benzene rings is 1. The van der Waals surface area contributed by atoms with Gasteiger partial charge in [0, 0.05) is 18.8 Å². The number of hydrogen-bond donors (Lipinski definition) is 1. The first-order chi connectivity index (χ1) is 11.9. The van der Waals surface area contributed by atoms with E-state index in [4.69, 9.17) is 11.6 Å². The quantitative estimate of drug-likeness (QED) is 0.888. The average molecular weight is 359 g/mol. The van der Waals surface area contributed by atoms with Gasteiger partial charge in [-0.25, -0.2) is 9.97 Å². The maximum atomic E-state index is 12.7. The van der Waals surface area contributed by atoms with Crippen LogP contribution in [0.4, 0.5) is 11.6 Å². The molecule has 132 valence electrons. The van der Waals surface area contributed by atoms with E-state index in [0.29, 0.717) is 22.4 Å². The summed E-state index contributed by atoms with van der Waals surface area (Å²) in [6, 6.07) is 5.54. The Morgan fingerprint density at radius 2 is 1.80 bits per heavy atom. The van der Waals surface area contributed by atoms with Crippen molar-refractivity contribution in [3.05, 3.63) is 45.7 Å². The number of rotatable bonds is 3. The number of amides is 1. The summed E-state index contributed by atoms with van der Waals surface area (Å²) < 4.78 is 0. The van der Waals surface area contributed by atoms with Gasteiger partial charge >= 0.3 is 0 Å². The van der Waals surface area contributed by atoms with E-state index >= 15 is 0 Å². The molecule has 0 atom stereocenters. The highest BCUT2D eigenvalue weighted by Gasteiger charge is 2.18. The molecule has 0 aliphatic carbocycles. The number of carbonyl (C=O) groups is 1. The summed E-state index contributed by atoms with van der Waals surface area (Å²) in [4.78, 5) is 23.9. The third-order valence-corrected chi connectivity index (χ3v) is 4.68. The minimum absolute atomic E-state index is 0.266. The van der Waals surface area contributed by atoms with Crippen LogP contribution in [-0.4, -0.2) is 29.0 Å². The number of aryl methyl sites for hydroxylation is 3. The van der Waals surface area contributed by atoms with Gasteiger partial charge in [-0.1, -0.05) is 17.7 Å². The Morgan fingerprint density at radius 1 is 1.08 bits per heavy atom. The molecule has 2 aromatic rings. The van der Waals surface area contributed by atoms with Crippen LogP contribution in [0.2, 0.25) is 5.02 Å². The largest absolute Gasteiger partial charge is 0.341 e. The zero-order valence-corrected chi connectivity index (χ0v) is 15.7.